The van der Waals surface area contributed by atoms with E-state index in [0.29, 0.717) is 0 Å². The fraction of sp³-hybridized carbons (Fsp3) is 0.316. The van der Waals surface area contributed by atoms with Crippen molar-refractivity contribution in [2.45, 2.75) is 11.4 Å². The average Bonchev–Trinajstić information content (AvgIpc) is 2.69. The van der Waals surface area contributed by atoms with Crippen LogP contribution in [-0.2, 0) is 16.6 Å². The number of halogens is 1. The maximum atomic E-state index is 13.0. The van der Waals surface area contributed by atoms with Crippen molar-refractivity contribution >= 4 is 28.0 Å². The van der Waals surface area contributed by atoms with Gasteiger partial charge in [0.1, 0.15) is 18.1 Å². The van der Waals surface area contributed by atoms with Crippen LogP contribution in [-0.4, -0.2) is 46.3 Å². The second-order valence-corrected chi connectivity index (χ2v) is 9.30. The Bertz CT molecular complexity index is 928. The quantitative estimate of drug-likeness (QED) is 0.519. The molecule has 1 heterocycles. The second kappa shape index (κ2) is 9.40. The van der Waals surface area contributed by atoms with Gasteiger partial charge >= 0.3 is 0 Å². The molecule has 28 heavy (non-hydrogen) atoms. The van der Waals surface area contributed by atoms with Gasteiger partial charge in [0.05, 0.1) is 31.3 Å². The molecule has 6 nitrogen and oxygen atoms in total. The highest BCUT2D eigenvalue weighted by molar-refractivity contribution is 7.99. The molecule has 9 heteroatoms. The number of hydrogen-bond donors (Lipinski definition) is 2. The van der Waals surface area contributed by atoms with E-state index in [9.17, 15) is 12.8 Å². The number of nitrogens with zero attached hydrogens (tertiary/aromatic N) is 1. The van der Waals surface area contributed by atoms with Crippen LogP contribution < -0.4 is 14.5 Å². The molecule has 0 spiro atoms. The first-order valence-electron chi connectivity index (χ1n) is 8.86. The fourth-order valence-electron chi connectivity index (χ4n) is 2.96. The maximum absolute atomic E-state index is 13.0. The minimum atomic E-state index is -3.84. The number of hydrogen-bond acceptors (Lipinski definition) is 5. The van der Waals surface area contributed by atoms with Crippen molar-refractivity contribution in [3.05, 3.63) is 59.4 Å². The summed E-state index contributed by atoms with van der Waals surface area (Å²) < 4.78 is 42.8. The van der Waals surface area contributed by atoms with E-state index in [0.717, 1.165) is 60.1 Å². The first kappa shape index (κ1) is 20.6. The second-order valence-electron chi connectivity index (χ2n) is 6.42. The first-order chi connectivity index (χ1) is 13.5. The summed E-state index contributed by atoms with van der Waals surface area (Å²) in [7, 11) is -2.19. The lowest BCUT2D eigenvalue weighted by Crippen LogP contribution is -3.12. The Balaban J connectivity index is 1.70. The van der Waals surface area contributed by atoms with Crippen molar-refractivity contribution in [2.75, 3.05) is 31.7 Å². The van der Waals surface area contributed by atoms with Gasteiger partial charge in [-0.25, -0.2) is 9.22 Å². The molecule has 0 radical (unpaired) electrons. The molecule has 2 aromatic carbocycles. The first-order valence-corrected chi connectivity index (χ1v) is 11.5. The van der Waals surface area contributed by atoms with E-state index in [2.05, 4.69) is 9.93 Å². The van der Waals surface area contributed by atoms with Crippen molar-refractivity contribution in [1.29, 1.82) is 0 Å². The molecule has 0 bridgehead atoms. The van der Waals surface area contributed by atoms with Gasteiger partial charge in [-0.3, -0.25) is 0 Å². The minimum absolute atomic E-state index is 0.0481. The van der Waals surface area contributed by atoms with Crippen LogP contribution in [0.1, 0.15) is 11.1 Å². The van der Waals surface area contributed by atoms with Crippen LogP contribution in [0, 0.1) is 5.82 Å². The van der Waals surface area contributed by atoms with E-state index < -0.39 is 15.8 Å². The van der Waals surface area contributed by atoms with Crippen molar-refractivity contribution < 1.29 is 22.4 Å². The zero-order valence-corrected chi connectivity index (χ0v) is 17.2. The number of benzene rings is 2. The Kier molecular flexibility index (Phi) is 6.93. The molecule has 150 valence electrons. The van der Waals surface area contributed by atoms with Gasteiger partial charge < -0.3 is 9.64 Å². The largest absolute Gasteiger partial charge is 0.496 e. The number of quaternary nitrogens is 1. The average molecular weight is 425 g/mol. The third kappa shape index (κ3) is 5.46. The Morgan fingerprint density at radius 2 is 1.93 bits per heavy atom. The smallest absolute Gasteiger partial charge is 0.276 e. The predicted molar refractivity (Wildman–Crippen MR) is 109 cm³/mol. The Hall–Kier alpha value is -2.10. The van der Waals surface area contributed by atoms with Gasteiger partial charge in [-0.15, -0.1) is 0 Å². The van der Waals surface area contributed by atoms with Crippen molar-refractivity contribution in [2.24, 2.45) is 5.10 Å². The van der Waals surface area contributed by atoms with E-state index in [1.54, 1.807) is 7.11 Å². The van der Waals surface area contributed by atoms with Crippen molar-refractivity contribution in [3.8, 4) is 5.75 Å². The molecule has 1 saturated heterocycles. The van der Waals surface area contributed by atoms with Gasteiger partial charge in [0.15, 0.2) is 0 Å². The molecule has 0 unspecified atom stereocenters. The number of sulfonamides is 1. The lowest BCUT2D eigenvalue weighted by Gasteiger charge is -2.24. The molecule has 0 saturated carbocycles. The number of methoxy groups -OCH3 is 1. The molecular weight excluding hydrogens is 401 g/mol. The monoisotopic (exact) mass is 424 g/mol. The lowest BCUT2D eigenvalue weighted by atomic mass is 10.1. The van der Waals surface area contributed by atoms with E-state index in [4.69, 9.17) is 4.74 Å². The molecule has 1 fully saturated rings. The topological polar surface area (TPSA) is 72.2 Å². The minimum Gasteiger partial charge on any atom is -0.496 e. The highest BCUT2D eigenvalue weighted by Gasteiger charge is 2.17. The van der Waals surface area contributed by atoms with E-state index >= 15 is 0 Å². The molecule has 0 aliphatic carbocycles. The van der Waals surface area contributed by atoms with Crippen LogP contribution in [0.2, 0.25) is 0 Å². The highest BCUT2D eigenvalue weighted by Crippen LogP contribution is 2.19. The molecule has 3 rings (SSSR count). The molecule has 0 atom stereocenters. The number of nitrogens with one attached hydrogen (secondary N) is 2. The van der Waals surface area contributed by atoms with Gasteiger partial charge in [-0.1, -0.05) is 0 Å². The third-order valence-electron chi connectivity index (χ3n) is 4.46. The summed E-state index contributed by atoms with van der Waals surface area (Å²) in [6.45, 7) is 3.08. The van der Waals surface area contributed by atoms with Crippen LogP contribution in [0.25, 0.3) is 0 Å². The Morgan fingerprint density at radius 3 is 2.61 bits per heavy atom. The van der Waals surface area contributed by atoms with Gasteiger partial charge in [0.25, 0.3) is 10.0 Å². The Labute approximate surface area is 168 Å². The fourth-order valence-corrected chi connectivity index (χ4v) is 4.82. The zero-order chi connectivity index (χ0) is 20.0. The zero-order valence-electron chi connectivity index (χ0n) is 15.5. The van der Waals surface area contributed by atoms with Gasteiger partial charge in [0, 0.05) is 17.1 Å². The Morgan fingerprint density at radius 1 is 1.21 bits per heavy atom. The molecule has 1 aliphatic rings. The number of thioether (sulfide) groups is 1. The summed E-state index contributed by atoms with van der Waals surface area (Å²) in [6.07, 6.45) is 1.45. The van der Waals surface area contributed by atoms with Crippen LogP contribution in [0.4, 0.5) is 4.39 Å². The van der Waals surface area contributed by atoms with Crippen molar-refractivity contribution in [1.82, 2.24) is 4.83 Å². The summed E-state index contributed by atoms with van der Waals surface area (Å²) in [6, 6.07) is 10.2. The molecule has 2 aromatic rings. The summed E-state index contributed by atoms with van der Waals surface area (Å²) >= 11 is 1.98. The summed E-state index contributed by atoms with van der Waals surface area (Å²) in [5.74, 6) is 2.63. The molecule has 0 amide bonds. The predicted octanol–water partition coefficient (Wildman–Crippen LogP) is 1.28. The maximum Gasteiger partial charge on any atom is 0.276 e. The highest BCUT2D eigenvalue weighted by atomic mass is 32.2. The van der Waals surface area contributed by atoms with Gasteiger partial charge in [-0.05, 0) is 48.0 Å². The van der Waals surface area contributed by atoms with E-state index in [1.165, 1.54) is 23.2 Å². The number of rotatable bonds is 7. The van der Waals surface area contributed by atoms with Crippen LogP contribution >= 0.6 is 11.8 Å². The molecule has 2 N–H and O–H groups in total. The number of hydrazone groups is 1. The standard InChI is InChI=1S/C19H22FN3O3S2/c1-26-19-7-2-15(12-16(19)14-23-8-10-27-11-9-23)13-21-22-28(24,25)18-5-3-17(20)4-6-18/h2-7,12-13,22H,8-11,14H2,1H3/p+1/b21-13+. The van der Waals surface area contributed by atoms with E-state index in [-0.39, 0.29) is 4.90 Å². The molecule has 0 aromatic heterocycles. The summed E-state index contributed by atoms with van der Waals surface area (Å²) in [5, 5.41) is 3.85. The summed E-state index contributed by atoms with van der Waals surface area (Å²) in [4.78, 5) is 3.61. The third-order valence-corrected chi connectivity index (χ3v) is 6.68. The lowest BCUT2D eigenvalue weighted by molar-refractivity contribution is -0.910. The van der Waals surface area contributed by atoms with Crippen LogP contribution in [0.3, 0.4) is 0 Å². The normalized spacial score (nSPS) is 15.6. The van der Waals surface area contributed by atoms with Crippen LogP contribution in [0.5, 0.6) is 5.75 Å². The summed E-state index contributed by atoms with van der Waals surface area (Å²) in [5.41, 5.74) is 1.83. The van der Waals surface area contributed by atoms with Gasteiger partial charge in [0.2, 0.25) is 0 Å². The van der Waals surface area contributed by atoms with E-state index in [1.807, 2.05) is 30.0 Å². The molecular formula is C19H23FN3O3S2+. The van der Waals surface area contributed by atoms with Crippen LogP contribution in [0.15, 0.2) is 52.5 Å². The van der Waals surface area contributed by atoms with Gasteiger partial charge in [-0.2, -0.15) is 25.3 Å². The molecule has 1 aliphatic heterocycles. The SMILES string of the molecule is COc1ccc(/C=N/NS(=O)(=O)c2ccc(F)cc2)cc1C[NH+]1CCSCC1. The number of ether oxygens (including phenoxy) is 1. The van der Waals surface area contributed by atoms with Crippen molar-refractivity contribution in [3.63, 3.8) is 0 Å².